The third-order valence-electron chi connectivity index (χ3n) is 2.25. The summed E-state index contributed by atoms with van der Waals surface area (Å²) in [5.41, 5.74) is 0.986. The number of fused-ring (bicyclic) bond motifs is 1. The summed E-state index contributed by atoms with van der Waals surface area (Å²) in [6.45, 7) is 4.90. The van der Waals surface area contributed by atoms with Gasteiger partial charge < -0.3 is 14.8 Å². The highest BCUT2D eigenvalue weighted by Gasteiger charge is 2.25. The molecule has 1 aliphatic heterocycles. The minimum absolute atomic E-state index is 0.0145. The number of methoxy groups -OCH3 is 1. The van der Waals surface area contributed by atoms with Crippen molar-refractivity contribution in [3.05, 3.63) is 18.2 Å². The first-order chi connectivity index (χ1) is 6.61. The lowest BCUT2D eigenvalue weighted by molar-refractivity contribution is 0.241. The van der Waals surface area contributed by atoms with E-state index in [1.807, 2.05) is 18.2 Å². The van der Waals surface area contributed by atoms with Crippen LogP contribution in [0.4, 0.5) is 5.69 Å². The van der Waals surface area contributed by atoms with Gasteiger partial charge in [-0.25, -0.2) is 0 Å². The highest BCUT2D eigenvalue weighted by molar-refractivity contribution is 5.62. The summed E-state index contributed by atoms with van der Waals surface area (Å²) in [6.07, 6.45) is 0. The van der Waals surface area contributed by atoms with E-state index in [0.29, 0.717) is 6.61 Å². The van der Waals surface area contributed by atoms with E-state index >= 15 is 0 Å². The lowest BCUT2D eigenvalue weighted by atomic mass is 10.0. The van der Waals surface area contributed by atoms with Crippen LogP contribution >= 0.6 is 0 Å². The van der Waals surface area contributed by atoms with E-state index < -0.39 is 0 Å². The molecule has 1 aromatic rings. The molecule has 0 saturated carbocycles. The fourth-order valence-electron chi connectivity index (χ4n) is 1.52. The Morgan fingerprint density at radius 3 is 2.93 bits per heavy atom. The molecule has 0 spiro atoms. The van der Waals surface area contributed by atoms with Crippen LogP contribution in [-0.2, 0) is 0 Å². The minimum atomic E-state index is -0.0145. The molecule has 1 heterocycles. The first kappa shape index (κ1) is 9.19. The first-order valence-electron chi connectivity index (χ1n) is 4.70. The number of hydrogen-bond donors (Lipinski definition) is 1. The SMILES string of the molecule is COc1ccc2c(c1)NC(C)(C)CO2. The van der Waals surface area contributed by atoms with Gasteiger partial charge in [0, 0.05) is 6.07 Å². The number of benzene rings is 1. The van der Waals surface area contributed by atoms with Gasteiger partial charge in [-0.05, 0) is 26.0 Å². The van der Waals surface area contributed by atoms with Crippen molar-refractivity contribution in [1.29, 1.82) is 0 Å². The normalized spacial score (nSPS) is 17.6. The molecule has 0 amide bonds. The van der Waals surface area contributed by atoms with Crippen LogP contribution in [0.15, 0.2) is 18.2 Å². The zero-order valence-electron chi connectivity index (χ0n) is 8.76. The molecule has 0 radical (unpaired) electrons. The van der Waals surface area contributed by atoms with Crippen molar-refractivity contribution in [3.63, 3.8) is 0 Å². The highest BCUT2D eigenvalue weighted by Crippen LogP contribution is 2.34. The molecule has 0 bridgehead atoms. The molecule has 0 saturated heterocycles. The van der Waals surface area contributed by atoms with Crippen molar-refractivity contribution in [2.75, 3.05) is 19.0 Å². The van der Waals surface area contributed by atoms with Gasteiger partial charge in [0.1, 0.15) is 18.1 Å². The Balaban J connectivity index is 2.34. The third-order valence-corrected chi connectivity index (χ3v) is 2.25. The van der Waals surface area contributed by atoms with E-state index in [0.717, 1.165) is 17.2 Å². The number of nitrogens with one attached hydrogen (secondary N) is 1. The standard InChI is InChI=1S/C11H15NO2/c1-11(2)7-14-10-5-4-8(13-3)6-9(10)12-11/h4-6,12H,7H2,1-3H3. The number of rotatable bonds is 1. The van der Waals surface area contributed by atoms with Gasteiger partial charge in [0.05, 0.1) is 18.3 Å². The summed E-state index contributed by atoms with van der Waals surface area (Å²) < 4.78 is 10.8. The second-order valence-corrected chi connectivity index (χ2v) is 4.16. The molecule has 1 N–H and O–H groups in total. The van der Waals surface area contributed by atoms with Gasteiger partial charge in [-0.1, -0.05) is 0 Å². The van der Waals surface area contributed by atoms with Crippen molar-refractivity contribution >= 4 is 5.69 Å². The van der Waals surface area contributed by atoms with Gasteiger partial charge in [-0.3, -0.25) is 0 Å². The predicted octanol–water partition coefficient (Wildman–Crippen LogP) is 2.28. The van der Waals surface area contributed by atoms with E-state index in [9.17, 15) is 0 Å². The van der Waals surface area contributed by atoms with E-state index in [-0.39, 0.29) is 5.54 Å². The lowest BCUT2D eigenvalue weighted by Gasteiger charge is -2.33. The van der Waals surface area contributed by atoms with Crippen molar-refractivity contribution in [3.8, 4) is 11.5 Å². The molecule has 0 aromatic heterocycles. The Hall–Kier alpha value is -1.38. The first-order valence-corrected chi connectivity index (χ1v) is 4.70. The van der Waals surface area contributed by atoms with Crippen molar-refractivity contribution in [1.82, 2.24) is 0 Å². The summed E-state index contributed by atoms with van der Waals surface area (Å²) in [6, 6.07) is 5.78. The average molecular weight is 193 g/mol. The summed E-state index contributed by atoms with van der Waals surface area (Å²) in [5.74, 6) is 1.74. The number of ether oxygens (including phenoxy) is 2. The van der Waals surface area contributed by atoms with Gasteiger partial charge >= 0.3 is 0 Å². The zero-order chi connectivity index (χ0) is 10.2. The lowest BCUT2D eigenvalue weighted by Crippen LogP contribution is -2.40. The molecule has 2 rings (SSSR count). The summed E-state index contributed by atoms with van der Waals surface area (Å²) >= 11 is 0. The summed E-state index contributed by atoms with van der Waals surface area (Å²) in [5, 5.41) is 3.41. The molecular weight excluding hydrogens is 178 g/mol. The molecule has 1 aliphatic rings. The molecule has 0 fully saturated rings. The number of hydrogen-bond acceptors (Lipinski definition) is 3. The second kappa shape index (κ2) is 3.08. The quantitative estimate of drug-likeness (QED) is 0.742. The largest absolute Gasteiger partial charge is 0.497 e. The third kappa shape index (κ3) is 1.62. The van der Waals surface area contributed by atoms with Crippen LogP contribution in [0.3, 0.4) is 0 Å². The Labute approximate surface area is 84.0 Å². The van der Waals surface area contributed by atoms with E-state index in [4.69, 9.17) is 9.47 Å². The van der Waals surface area contributed by atoms with Crippen molar-refractivity contribution in [2.45, 2.75) is 19.4 Å². The fourth-order valence-corrected chi connectivity index (χ4v) is 1.52. The molecule has 1 aromatic carbocycles. The maximum absolute atomic E-state index is 5.62. The van der Waals surface area contributed by atoms with Crippen molar-refractivity contribution < 1.29 is 9.47 Å². The molecule has 3 nitrogen and oxygen atoms in total. The van der Waals surface area contributed by atoms with E-state index in [1.165, 1.54) is 0 Å². The van der Waals surface area contributed by atoms with Crippen LogP contribution in [0.5, 0.6) is 11.5 Å². The summed E-state index contributed by atoms with van der Waals surface area (Å²) in [7, 11) is 1.66. The second-order valence-electron chi connectivity index (χ2n) is 4.16. The average Bonchev–Trinajstić information content (AvgIpc) is 2.15. The number of anilines is 1. The van der Waals surface area contributed by atoms with Gasteiger partial charge in [-0.15, -0.1) is 0 Å². The fraction of sp³-hybridized carbons (Fsp3) is 0.455. The van der Waals surface area contributed by atoms with Gasteiger partial charge in [0.15, 0.2) is 0 Å². The molecule has 0 aliphatic carbocycles. The Kier molecular flexibility index (Phi) is 2.02. The topological polar surface area (TPSA) is 30.5 Å². The van der Waals surface area contributed by atoms with Gasteiger partial charge in [0.2, 0.25) is 0 Å². The maximum atomic E-state index is 5.62. The molecule has 0 atom stereocenters. The van der Waals surface area contributed by atoms with E-state index in [2.05, 4.69) is 19.2 Å². The van der Waals surface area contributed by atoms with Crippen LogP contribution < -0.4 is 14.8 Å². The molecule has 3 heteroatoms. The summed E-state index contributed by atoms with van der Waals surface area (Å²) in [4.78, 5) is 0. The van der Waals surface area contributed by atoms with Crippen LogP contribution in [0.1, 0.15) is 13.8 Å². The molecular formula is C11H15NO2. The van der Waals surface area contributed by atoms with Crippen molar-refractivity contribution in [2.24, 2.45) is 0 Å². The Morgan fingerprint density at radius 2 is 2.21 bits per heavy atom. The monoisotopic (exact) mass is 193 g/mol. The molecule has 14 heavy (non-hydrogen) atoms. The smallest absolute Gasteiger partial charge is 0.142 e. The Morgan fingerprint density at radius 1 is 1.43 bits per heavy atom. The Bertz CT molecular complexity index is 347. The van der Waals surface area contributed by atoms with Crippen LogP contribution in [0.25, 0.3) is 0 Å². The molecule has 0 unspecified atom stereocenters. The van der Waals surface area contributed by atoms with Crippen LogP contribution in [-0.4, -0.2) is 19.3 Å². The zero-order valence-corrected chi connectivity index (χ0v) is 8.76. The van der Waals surface area contributed by atoms with E-state index in [1.54, 1.807) is 7.11 Å². The predicted molar refractivity (Wildman–Crippen MR) is 56.2 cm³/mol. The van der Waals surface area contributed by atoms with Gasteiger partial charge in [0.25, 0.3) is 0 Å². The maximum Gasteiger partial charge on any atom is 0.142 e. The molecule has 76 valence electrons. The van der Waals surface area contributed by atoms with Crippen LogP contribution in [0, 0.1) is 0 Å². The highest BCUT2D eigenvalue weighted by atomic mass is 16.5. The minimum Gasteiger partial charge on any atom is -0.497 e. The van der Waals surface area contributed by atoms with Crippen LogP contribution in [0.2, 0.25) is 0 Å². The van der Waals surface area contributed by atoms with Gasteiger partial charge in [-0.2, -0.15) is 0 Å².